The zero-order valence-electron chi connectivity index (χ0n) is 18.5. The van der Waals surface area contributed by atoms with Crippen molar-refractivity contribution in [3.63, 3.8) is 0 Å². The third-order valence-corrected chi connectivity index (χ3v) is 7.47. The molecule has 2 aliphatic rings. The largest absolute Gasteiger partial charge is 0.382 e. The normalized spacial score (nSPS) is 17.7. The van der Waals surface area contributed by atoms with Gasteiger partial charge in [0.1, 0.15) is 0 Å². The Kier molecular flexibility index (Phi) is 6.71. The lowest BCUT2D eigenvalue weighted by molar-refractivity contribution is 0.0668. The van der Waals surface area contributed by atoms with Crippen LogP contribution in [0.2, 0.25) is 5.15 Å². The predicted octanol–water partition coefficient (Wildman–Crippen LogP) is 0.786. The first kappa shape index (κ1) is 23.9. The Labute approximate surface area is 203 Å². The summed E-state index contributed by atoms with van der Waals surface area (Å²) in [5, 5.41) is 5.81. The number of halogens is 1. The fourth-order valence-corrected chi connectivity index (χ4v) is 4.90. The molecule has 1 atom stereocenters. The van der Waals surface area contributed by atoms with Crippen LogP contribution in [-0.2, 0) is 10.8 Å². The summed E-state index contributed by atoms with van der Waals surface area (Å²) < 4.78 is 12.1. The lowest BCUT2D eigenvalue weighted by atomic mass is 9.88. The maximum Gasteiger partial charge on any atom is 0.280 e. The van der Waals surface area contributed by atoms with Crippen LogP contribution in [0, 0.1) is 0 Å². The summed E-state index contributed by atoms with van der Waals surface area (Å²) >= 11 is 5.85. The molecule has 1 aromatic heterocycles. The molecule has 0 saturated carbocycles. The summed E-state index contributed by atoms with van der Waals surface area (Å²) in [4.78, 5) is 40.1. The van der Waals surface area contributed by atoms with E-state index < -0.39 is 16.7 Å². The van der Waals surface area contributed by atoms with Gasteiger partial charge in [-0.1, -0.05) is 24.6 Å². The summed E-state index contributed by atoms with van der Waals surface area (Å²) in [5.74, 6) is -0.0877. The third-order valence-electron chi connectivity index (χ3n) is 5.89. The van der Waals surface area contributed by atoms with Crippen LogP contribution in [0.5, 0.6) is 0 Å². The highest BCUT2D eigenvalue weighted by atomic mass is 35.5. The molecule has 1 fully saturated rings. The van der Waals surface area contributed by atoms with E-state index in [4.69, 9.17) is 23.1 Å². The second-order valence-corrected chi connectivity index (χ2v) is 10.2. The van der Waals surface area contributed by atoms with Crippen LogP contribution < -0.4 is 22.1 Å². The van der Waals surface area contributed by atoms with Gasteiger partial charge in [-0.3, -0.25) is 24.1 Å². The number of anilines is 2. The molecule has 0 aliphatic carbocycles. The molecule has 2 aromatic rings. The zero-order valence-corrected chi connectivity index (χ0v) is 20.1. The van der Waals surface area contributed by atoms with Crippen LogP contribution in [-0.4, -0.2) is 67.8 Å². The van der Waals surface area contributed by atoms with E-state index in [0.29, 0.717) is 54.6 Å². The molecule has 13 heteroatoms. The molecule has 6 N–H and O–H groups in total. The van der Waals surface area contributed by atoms with Crippen molar-refractivity contribution in [3.05, 3.63) is 40.7 Å². The molecule has 1 saturated heterocycles. The molecule has 1 spiro atoms. The van der Waals surface area contributed by atoms with Gasteiger partial charge >= 0.3 is 0 Å². The van der Waals surface area contributed by atoms with Crippen LogP contribution in [0.25, 0.3) is 0 Å². The molecule has 180 valence electrons. The molecular formula is C21H25ClN8O3S. The lowest BCUT2D eigenvalue weighted by Gasteiger charge is -2.39. The number of aromatic nitrogens is 2. The number of carbonyl (C=O) groups is 2. The number of hydrogen-bond acceptors (Lipinski definition) is 9. The number of piperidine rings is 1. The van der Waals surface area contributed by atoms with Gasteiger partial charge in [0.25, 0.3) is 11.8 Å². The van der Waals surface area contributed by atoms with Gasteiger partial charge in [-0.05, 0) is 31.0 Å². The molecule has 0 radical (unpaired) electrons. The molecule has 2 amide bonds. The average Bonchev–Trinajstić information content (AvgIpc) is 3.22. The van der Waals surface area contributed by atoms with E-state index in [0.717, 1.165) is 0 Å². The van der Waals surface area contributed by atoms with E-state index in [9.17, 15) is 13.8 Å². The number of nitrogens with two attached hydrogens (primary N) is 2. The number of benzene rings is 1. The van der Waals surface area contributed by atoms with E-state index in [2.05, 4.69) is 25.6 Å². The molecule has 11 nitrogen and oxygen atoms in total. The highest BCUT2D eigenvalue weighted by molar-refractivity contribution is 7.85. The van der Waals surface area contributed by atoms with E-state index in [-0.39, 0.29) is 33.9 Å². The van der Waals surface area contributed by atoms with Crippen LogP contribution in [0.15, 0.2) is 34.2 Å². The molecule has 1 aromatic carbocycles. The maximum atomic E-state index is 13.0. The van der Waals surface area contributed by atoms with Gasteiger partial charge in [0.15, 0.2) is 28.4 Å². The summed E-state index contributed by atoms with van der Waals surface area (Å²) in [6.07, 6.45) is 1.30. The van der Waals surface area contributed by atoms with E-state index in [1.54, 1.807) is 29.2 Å². The topological polar surface area (TPSA) is 169 Å². The first-order valence-electron chi connectivity index (χ1n) is 10.7. The Morgan fingerprint density at radius 3 is 2.68 bits per heavy atom. The van der Waals surface area contributed by atoms with Gasteiger partial charge < -0.3 is 21.7 Å². The van der Waals surface area contributed by atoms with Crippen LogP contribution in [0.4, 0.5) is 11.6 Å². The second kappa shape index (κ2) is 9.55. The number of hydrogen-bond donors (Lipinski definition) is 4. The minimum Gasteiger partial charge on any atom is -0.382 e. The monoisotopic (exact) mass is 504 g/mol. The third kappa shape index (κ3) is 4.82. The zero-order chi connectivity index (χ0) is 24.5. The Bertz CT molecular complexity index is 1200. The number of aliphatic imine (C=N–C) groups is 1. The Morgan fingerprint density at radius 1 is 1.24 bits per heavy atom. The number of nitrogens with zero attached hydrogens (tertiary/aromatic N) is 4. The van der Waals surface area contributed by atoms with Gasteiger partial charge in [0.2, 0.25) is 0 Å². The quantitative estimate of drug-likeness (QED) is 0.473. The highest BCUT2D eigenvalue weighted by Crippen LogP contribution is 2.27. The second-order valence-electron chi connectivity index (χ2n) is 8.11. The molecule has 3 heterocycles. The number of rotatable bonds is 4. The Balaban J connectivity index is 1.35. The van der Waals surface area contributed by atoms with Crippen molar-refractivity contribution >= 4 is 51.8 Å². The molecule has 4 rings (SSSR count). The predicted molar refractivity (Wildman–Crippen MR) is 130 cm³/mol. The fourth-order valence-electron chi connectivity index (χ4n) is 3.95. The van der Waals surface area contributed by atoms with Crippen LogP contribution >= 0.6 is 11.6 Å². The van der Waals surface area contributed by atoms with Crippen LogP contribution in [0.3, 0.4) is 0 Å². The van der Waals surface area contributed by atoms with Crippen molar-refractivity contribution in [1.82, 2.24) is 25.5 Å². The van der Waals surface area contributed by atoms with E-state index in [1.165, 1.54) is 0 Å². The number of nitrogen functional groups attached to an aromatic ring is 2. The van der Waals surface area contributed by atoms with Crippen molar-refractivity contribution in [3.8, 4) is 0 Å². The summed E-state index contributed by atoms with van der Waals surface area (Å²) in [6.45, 7) is 3.35. The number of carbonyl (C=O) groups excluding carboxylic acids is 2. The van der Waals surface area contributed by atoms with Crippen molar-refractivity contribution in [1.29, 1.82) is 0 Å². The summed E-state index contributed by atoms with van der Waals surface area (Å²) in [7, 11) is -1.12. The Hall–Kier alpha value is -3.25. The number of likely N-dealkylation sites (tertiary alicyclic amines) is 1. The average molecular weight is 505 g/mol. The summed E-state index contributed by atoms with van der Waals surface area (Å²) in [5.41, 5.74) is 11.3. The first-order valence-corrected chi connectivity index (χ1v) is 12.4. The number of nitrogens with one attached hydrogen (secondary N) is 2. The Morgan fingerprint density at radius 2 is 1.97 bits per heavy atom. The van der Waals surface area contributed by atoms with Gasteiger partial charge in [0, 0.05) is 29.3 Å². The van der Waals surface area contributed by atoms with E-state index >= 15 is 0 Å². The SMILES string of the molecule is CCS(=O)c1cccc(C(=O)N2CCC3(CC2)CN=C(NC(=O)c2nc(Cl)c(N)nc2N)N3)c1. The minimum absolute atomic E-state index is 0.0577. The molecule has 34 heavy (non-hydrogen) atoms. The van der Waals surface area contributed by atoms with Crippen molar-refractivity contribution < 1.29 is 13.8 Å². The van der Waals surface area contributed by atoms with Gasteiger partial charge in [-0.15, -0.1) is 0 Å². The summed E-state index contributed by atoms with van der Waals surface area (Å²) in [6, 6.07) is 6.98. The van der Waals surface area contributed by atoms with Gasteiger partial charge in [-0.2, -0.15) is 0 Å². The fraction of sp³-hybridized carbons (Fsp3) is 0.381. The van der Waals surface area contributed by atoms with Crippen LogP contribution in [0.1, 0.15) is 40.6 Å². The minimum atomic E-state index is -1.12. The lowest BCUT2D eigenvalue weighted by Crippen LogP contribution is -2.57. The highest BCUT2D eigenvalue weighted by Gasteiger charge is 2.40. The van der Waals surface area contributed by atoms with Gasteiger partial charge in [-0.25, -0.2) is 9.97 Å². The molecular weight excluding hydrogens is 480 g/mol. The number of amides is 2. The van der Waals surface area contributed by atoms with E-state index in [1.807, 2.05) is 6.92 Å². The molecule has 0 bridgehead atoms. The molecule has 1 unspecified atom stereocenters. The van der Waals surface area contributed by atoms with Crippen molar-refractivity contribution in [2.75, 3.05) is 36.9 Å². The van der Waals surface area contributed by atoms with Gasteiger partial charge in [0.05, 0.1) is 22.9 Å². The smallest absolute Gasteiger partial charge is 0.280 e. The maximum absolute atomic E-state index is 13.0. The standard InChI is InChI=1S/C21H25ClN8O3S/c1-2-34(33)13-5-3-4-12(10-13)19(32)30-8-6-21(7-9-30)11-25-20(29-21)28-18(31)14-16(23)27-17(24)15(22)26-14/h3-5,10H,2,6-9,11H2,1H3,(H4,23,24,27)(H2,25,28,29,31). The molecule has 2 aliphatic heterocycles. The first-order chi connectivity index (χ1) is 16.2. The van der Waals surface area contributed by atoms with Crippen molar-refractivity contribution in [2.24, 2.45) is 4.99 Å². The van der Waals surface area contributed by atoms with Crippen molar-refractivity contribution in [2.45, 2.75) is 30.2 Å². The number of guanidine groups is 1.